The Morgan fingerprint density at radius 1 is 1.00 bits per heavy atom. The van der Waals surface area contributed by atoms with Crippen molar-refractivity contribution < 1.29 is 4.79 Å². The Morgan fingerprint density at radius 3 is 2.33 bits per heavy atom. The third-order valence-electron chi connectivity index (χ3n) is 2.84. The molecule has 0 N–H and O–H groups in total. The van der Waals surface area contributed by atoms with Crippen LogP contribution in [0.25, 0.3) is 0 Å². The van der Waals surface area contributed by atoms with Gasteiger partial charge in [0.15, 0.2) is 5.52 Å². The van der Waals surface area contributed by atoms with Crippen molar-refractivity contribution in [3.8, 4) is 0 Å². The summed E-state index contributed by atoms with van der Waals surface area (Å²) in [6, 6.07) is 13.5. The molecular formula is C15H14ClOP. The molecule has 0 amide bonds. The minimum absolute atomic E-state index is 0.104. The van der Waals surface area contributed by atoms with E-state index in [-0.39, 0.29) is 14.1 Å². The van der Waals surface area contributed by atoms with Crippen LogP contribution in [0, 0.1) is 13.8 Å². The number of hydrogen-bond donors (Lipinski definition) is 0. The molecule has 0 fully saturated rings. The fraction of sp³-hybridized carbons (Fsp3) is 0.133. The molecule has 2 rings (SSSR count). The molecule has 1 atom stereocenters. The fourth-order valence-electron chi connectivity index (χ4n) is 1.82. The quantitative estimate of drug-likeness (QED) is 0.772. The average Bonchev–Trinajstić information content (AvgIpc) is 2.32. The molecule has 3 heteroatoms. The van der Waals surface area contributed by atoms with Crippen molar-refractivity contribution in [2.24, 2.45) is 0 Å². The summed E-state index contributed by atoms with van der Waals surface area (Å²) in [5.41, 5.74) is 2.84. The van der Waals surface area contributed by atoms with Gasteiger partial charge in [-0.05, 0) is 44.9 Å². The largest absolute Gasteiger partial charge is 0.289 e. The van der Waals surface area contributed by atoms with Gasteiger partial charge in [0.2, 0.25) is 0 Å². The summed E-state index contributed by atoms with van der Waals surface area (Å²) in [6.45, 7) is 3.94. The first-order valence-electron chi connectivity index (χ1n) is 5.71. The highest BCUT2D eigenvalue weighted by molar-refractivity contribution is 7.66. The zero-order chi connectivity index (χ0) is 13.1. The summed E-state index contributed by atoms with van der Waals surface area (Å²) in [4.78, 5) is 12.3. The van der Waals surface area contributed by atoms with E-state index in [0.717, 1.165) is 16.4 Å². The van der Waals surface area contributed by atoms with Gasteiger partial charge in [0.1, 0.15) is 0 Å². The van der Waals surface area contributed by atoms with Crippen LogP contribution >= 0.6 is 20.2 Å². The van der Waals surface area contributed by atoms with Gasteiger partial charge in [-0.1, -0.05) is 48.0 Å². The van der Waals surface area contributed by atoms with Crippen LogP contribution in [0.15, 0.2) is 42.5 Å². The van der Waals surface area contributed by atoms with Crippen LogP contribution in [0.3, 0.4) is 0 Å². The van der Waals surface area contributed by atoms with Crippen molar-refractivity contribution in [3.63, 3.8) is 0 Å². The third-order valence-corrected chi connectivity index (χ3v) is 4.46. The molecule has 0 heterocycles. The first-order valence-corrected chi connectivity index (χ1v) is 7.09. The summed E-state index contributed by atoms with van der Waals surface area (Å²) in [6.07, 6.45) is 0. The molecule has 0 aliphatic heterocycles. The second kappa shape index (κ2) is 5.65. The molecule has 2 aromatic carbocycles. The smallest absolute Gasteiger partial charge is 0.187 e. The molecule has 0 radical (unpaired) electrons. The molecule has 92 valence electrons. The maximum Gasteiger partial charge on any atom is 0.187 e. The second-order valence-electron chi connectivity index (χ2n) is 4.20. The number of benzene rings is 2. The van der Waals surface area contributed by atoms with Crippen LogP contribution < -0.4 is 5.30 Å². The van der Waals surface area contributed by atoms with E-state index in [4.69, 9.17) is 11.6 Å². The van der Waals surface area contributed by atoms with Crippen LogP contribution in [0.2, 0.25) is 5.02 Å². The monoisotopic (exact) mass is 276 g/mol. The van der Waals surface area contributed by atoms with Gasteiger partial charge < -0.3 is 0 Å². The molecule has 0 aliphatic carbocycles. The van der Waals surface area contributed by atoms with Crippen molar-refractivity contribution in [3.05, 3.63) is 64.2 Å². The number of aryl methyl sites for hydroxylation is 2. The minimum atomic E-state index is 0.104. The van der Waals surface area contributed by atoms with Crippen LogP contribution in [0.5, 0.6) is 0 Å². The second-order valence-corrected chi connectivity index (χ2v) is 5.85. The van der Waals surface area contributed by atoms with Crippen molar-refractivity contribution in [2.75, 3.05) is 0 Å². The maximum atomic E-state index is 12.3. The Morgan fingerprint density at radius 2 is 1.67 bits per heavy atom. The van der Waals surface area contributed by atoms with E-state index < -0.39 is 0 Å². The highest BCUT2D eigenvalue weighted by Gasteiger charge is 2.14. The minimum Gasteiger partial charge on any atom is -0.289 e. The Balaban J connectivity index is 2.31. The molecule has 1 unspecified atom stereocenters. The van der Waals surface area contributed by atoms with Gasteiger partial charge in [-0.2, -0.15) is 0 Å². The first-order chi connectivity index (χ1) is 8.59. The lowest BCUT2D eigenvalue weighted by molar-refractivity contribution is 0.108. The summed E-state index contributed by atoms with van der Waals surface area (Å²) in [7, 11) is 0.124. The van der Waals surface area contributed by atoms with Crippen molar-refractivity contribution in [1.29, 1.82) is 0 Å². The average molecular weight is 277 g/mol. The van der Waals surface area contributed by atoms with Crippen LogP contribution in [-0.2, 0) is 0 Å². The number of carbonyl (C=O) groups is 1. The zero-order valence-corrected chi connectivity index (χ0v) is 12.1. The fourth-order valence-corrected chi connectivity index (χ4v) is 3.37. The van der Waals surface area contributed by atoms with Crippen LogP contribution in [-0.4, -0.2) is 5.52 Å². The van der Waals surface area contributed by atoms with E-state index in [1.165, 1.54) is 0 Å². The molecule has 1 nitrogen and oxygen atoms in total. The maximum absolute atomic E-state index is 12.3. The van der Waals surface area contributed by atoms with E-state index in [0.29, 0.717) is 10.6 Å². The normalized spacial score (nSPS) is 11.1. The Kier molecular flexibility index (Phi) is 4.16. The molecule has 2 aromatic rings. The number of carbonyl (C=O) groups excluding carboxylic acids is 1. The lowest BCUT2D eigenvalue weighted by atomic mass is 10.1. The third kappa shape index (κ3) is 2.80. The van der Waals surface area contributed by atoms with Gasteiger partial charge in [0, 0.05) is 5.56 Å². The number of hydrogen-bond acceptors (Lipinski definition) is 1. The summed E-state index contributed by atoms with van der Waals surface area (Å²) >= 11 is 6.11. The van der Waals surface area contributed by atoms with Gasteiger partial charge >= 0.3 is 0 Å². The Bertz CT molecular complexity index is 573. The highest BCUT2D eigenvalue weighted by Crippen LogP contribution is 2.27. The molecular weight excluding hydrogens is 263 g/mol. The van der Waals surface area contributed by atoms with Crippen molar-refractivity contribution in [2.45, 2.75) is 13.8 Å². The number of halogens is 1. The first kappa shape index (κ1) is 13.3. The summed E-state index contributed by atoms with van der Waals surface area (Å²) in [5, 5.41) is 1.63. The lowest BCUT2D eigenvalue weighted by Crippen LogP contribution is -2.05. The molecule has 0 saturated carbocycles. The lowest BCUT2D eigenvalue weighted by Gasteiger charge is -2.08. The van der Waals surface area contributed by atoms with Gasteiger partial charge in [-0.3, -0.25) is 4.79 Å². The standard InChI is InChI=1S/C15H14ClOP/c1-10-6-3-4-9-13(10)18-15(17)14-11(2)7-5-8-12(14)16/h3-9,18H,1-2H3. The molecule has 0 aromatic heterocycles. The SMILES string of the molecule is Cc1ccccc1PC(=O)c1c(C)cccc1Cl. The summed E-state index contributed by atoms with van der Waals surface area (Å²) < 4.78 is 0. The molecule has 0 saturated heterocycles. The molecule has 18 heavy (non-hydrogen) atoms. The molecule has 0 spiro atoms. The highest BCUT2D eigenvalue weighted by atomic mass is 35.5. The molecule has 0 bridgehead atoms. The van der Waals surface area contributed by atoms with Crippen molar-refractivity contribution in [1.82, 2.24) is 0 Å². The van der Waals surface area contributed by atoms with E-state index in [2.05, 4.69) is 0 Å². The predicted molar refractivity (Wildman–Crippen MR) is 79.6 cm³/mol. The van der Waals surface area contributed by atoms with E-state index in [1.54, 1.807) is 6.07 Å². The van der Waals surface area contributed by atoms with Crippen molar-refractivity contribution >= 4 is 31.0 Å². The molecule has 0 aliphatic rings. The van der Waals surface area contributed by atoms with E-state index >= 15 is 0 Å². The van der Waals surface area contributed by atoms with Crippen LogP contribution in [0.1, 0.15) is 21.5 Å². The van der Waals surface area contributed by atoms with Gasteiger partial charge in [-0.25, -0.2) is 0 Å². The zero-order valence-electron chi connectivity index (χ0n) is 10.3. The summed E-state index contributed by atoms with van der Waals surface area (Å²) in [5.74, 6) is 0. The number of rotatable bonds is 3. The van der Waals surface area contributed by atoms with Gasteiger partial charge in [0.25, 0.3) is 0 Å². The topological polar surface area (TPSA) is 17.1 Å². The van der Waals surface area contributed by atoms with E-state index in [9.17, 15) is 4.79 Å². The van der Waals surface area contributed by atoms with Crippen LogP contribution in [0.4, 0.5) is 0 Å². The van der Waals surface area contributed by atoms with Gasteiger partial charge in [0.05, 0.1) is 5.02 Å². The van der Waals surface area contributed by atoms with Gasteiger partial charge in [-0.15, -0.1) is 0 Å². The predicted octanol–water partition coefficient (Wildman–Crippen LogP) is 4.10. The Labute approximate surface area is 114 Å². The Hall–Kier alpha value is -1.17. The van der Waals surface area contributed by atoms with E-state index in [1.807, 2.05) is 50.2 Å².